The molecule has 0 atom stereocenters. The Morgan fingerprint density at radius 2 is 2.21 bits per heavy atom. The van der Waals surface area contributed by atoms with Gasteiger partial charge >= 0.3 is 0 Å². The Labute approximate surface area is 116 Å². The Kier molecular flexibility index (Phi) is 3.90. The summed E-state index contributed by atoms with van der Waals surface area (Å²) >= 11 is 6.03. The van der Waals surface area contributed by atoms with Gasteiger partial charge in [0.25, 0.3) is 0 Å². The Bertz CT molecular complexity index is 620. The van der Waals surface area contributed by atoms with Crippen LogP contribution in [0.4, 0.5) is 0 Å². The van der Waals surface area contributed by atoms with Crippen LogP contribution in [0.2, 0.25) is 5.15 Å². The predicted octanol–water partition coefficient (Wildman–Crippen LogP) is 3.26. The van der Waals surface area contributed by atoms with Gasteiger partial charge in [-0.2, -0.15) is 5.10 Å². The number of aryl methyl sites for hydroxylation is 2. The first-order valence-electron chi connectivity index (χ1n) is 6.00. The highest BCUT2D eigenvalue weighted by molar-refractivity contribution is 6.32. The highest BCUT2D eigenvalue weighted by Gasteiger charge is 2.16. The number of nitrogens with zero attached hydrogens (tertiary/aromatic N) is 2. The molecule has 0 saturated heterocycles. The average Bonchev–Trinajstić information content (AvgIpc) is 2.68. The normalized spacial score (nSPS) is 10.5. The first kappa shape index (κ1) is 13.6. The van der Waals surface area contributed by atoms with Crippen LogP contribution in [0.5, 0.6) is 5.75 Å². The van der Waals surface area contributed by atoms with Crippen molar-refractivity contribution in [3.8, 4) is 17.0 Å². The quantitative estimate of drug-likeness (QED) is 0.806. The third-order valence-electron chi connectivity index (χ3n) is 2.88. The third kappa shape index (κ3) is 2.49. The highest BCUT2D eigenvalue weighted by Crippen LogP contribution is 2.30. The fraction of sp³-hybridized carbons (Fsp3) is 0.286. The third-order valence-corrected chi connectivity index (χ3v) is 3.33. The summed E-state index contributed by atoms with van der Waals surface area (Å²) in [5, 5.41) is 4.62. The van der Waals surface area contributed by atoms with E-state index >= 15 is 0 Å². The molecule has 0 bridgehead atoms. The first-order valence-corrected chi connectivity index (χ1v) is 6.37. The van der Waals surface area contributed by atoms with Crippen molar-refractivity contribution in [2.45, 2.75) is 13.8 Å². The summed E-state index contributed by atoms with van der Waals surface area (Å²) in [5.41, 5.74) is 2.85. The average molecular weight is 279 g/mol. The summed E-state index contributed by atoms with van der Waals surface area (Å²) < 4.78 is 6.98. The summed E-state index contributed by atoms with van der Waals surface area (Å²) in [5.74, 6) is 0.834. The van der Waals surface area contributed by atoms with E-state index in [0.29, 0.717) is 23.0 Å². The number of ether oxygens (including phenoxy) is 1. The van der Waals surface area contributed by atoms with Gasteiger partial charge in [-0.1, -0.05) is 11.6 Å². The highest BCUT2D eigenvalue weighted by atomic mass is 35.5. The second-order valence-electron chi connectivity index (χ2n) is 4.21. The molecule has 0 radical (unpaired) electrons. The van der Waals surface area contributed by atoms with Crippen molar-refractivity contribution >= 4 is 17.9 Å². The van der Waals surface area contributed by atoms with Crippen molar-refractivity contribution in [1.29, 1.82) is 0 Å². The minimum atomic E-state index is 0.344. The number of halogens is 1. The molecule has 0 fully saturated rings. The predicted molar refractivity (Wildman–Crippen MR) is 74.9 cm³/mol. The van der Waals surface area contributed by atoms with Crippen LogP contribution in [-0.2, 0) is 7.05 Å². The molecule has 5 heteroatoms. The summed E-state index contributed by atoms with van der Waals surface area (Å²) in [6.07, 6.45) is 0.733. The molecule has 2 rings (SSSR count). The lowest BCUT2D eigenvalue weighted by atomic mass is 10.1. The molecule has 19 heavy (non-hydrogen) atoms. The molecule has 100 valence electrons. The van der Waals surface area contributed by atoms with Gasteiger partial charge in [-0.3, -0.25) is 9.48 Å². The van der Waals surface area contributed by atoms with Crippen LogP contribution in [0, 0.1) is 6.92 Å². The van der Waals surface area contributed by atoms with E-state index in [-0.39, 0.29) is 0 Å². The second kappa shape index (κ2) is 5.45. The van der Waals surface area contributed by atoms with E-state index in [1.165, 1.54) is 4.68 Å². The Morgan fingerprint density at radius 3 is 2.79 bits per heavy atom. The van der Waals surface area contributed by atoms with Crippen LogP contribution in [0.15, 0.2) is 18.2 Å². The van der Waals surface area contributed by atoms with Gasteiger partial charge in [0, 0.05) is 12.6 Å². The van der Waals surface area contributed by atoms with Gasteiger partial charge in [0.05, 0.1) is 12.2 Å². The summed E-state index contributed by atoms with van der Waals surface area (Å²) in [6, 6.07) is 5.70. The molecule has 2 aromatic rings. The van der Waals surface area contributed by atoms with E-state index in [9.17, 15) is 4.79 Å². The van der Waals surface area contributed by atoms with Crippen molar-refractivity contribution in [2.75, 3.05) is 6.61 Å². The lowest BCUT2D eigenvalue weighted by Crippen LogP contribution is -1.95. The van der Waals surface area contributed by atoms with E-state index in [4.69, 9.17) is 16.3 Å². The molecule has 0 aliphatic heterocycles. The van der Waals surface area contributed by atoms with Gasteiger partial charge in [-0.05, 0) is 37.6 Å². The molecule has 1 heterocycles. The molecule has 0 aliphatic rings. The fourth-order valence-corrected chi connectivity index (χ4v) is 2.12. The van der Waals surface area contributed by atoms with E-state index in [2.05, 4.69) is 5.10 Å². The molecule has 0 saturated carbocycles. The van der Waals surface area contributed by atoms with Crippen LogP contribution in [0.1, 0.15) is 22.8 Å². The monoisotopic (exact) mass is 278 g/mol. The zero-order chi connectivity index (χ0) is 14.0. The molecule has 0 aliphatic carbocycles. The second-order valence-corrected chi connectivity index (χ2v) is 4.57. The van der Waals surface area contributed by atoms with Crippen molar-refractivity contribution in [3.05, 3.63) is 34.5 Å². The lowest BCUT2D eigenvalue weighted by Gasteiger charge is -2.08. The zero-order valence-electron chi connectivity index (χ0n) is 11.1. The van der Waals surface area contributed by atoms with Gasteiger partial charge in [-0.15, -0.1) is 0 Å². The van der Waals surface area contributed by atoms with Crippen molar-refractivity contribution in [3.63, 3.8) is 0 Å². The Balaban J connectivity index is 2.51. The first-order chi connectivity index (χ1) is 9.08. The molecule has 1 aromatic heterocycles. The van der Waals surface area contributed by atoms with Gasteiger partial charge in [-0.25, -0.2) is 0 Å². The largest absolute Gasteiger partial charge is 0.494 e. The number of hydrogen-bond donors (Lipinski definition) is 0. The SMILES string of the molecule is CCOc1ccc(-c2nn(C)c(Cl)c2C=O)cc1C. The van der Waals surface area contributed by atoms with Crippen LogP contribution in [-0.4, -0.2) is 22.7 Å². The number of rotatable bonds is 4. The molecule has 1 aromatic carbocycles. The molecule has 4 nitrogen and oxygen atoms in total. The van der Waals surface area contributed by atoms with Crippen molar-refractivity contribution in [1.82, 2.24) is 9.78 Å². The molecule has 0 unspecified atom stereocenters. The zero-order valence-corrected chi connectivity index (χ0v) is 11.9. The Morgan fingerprint density at radius 1 is 1.47 bits per heavy atom. The number of aldehydes is 1. The molecular weight excluding hydrogens is 264 g/mol. The minimum absolute atomic E-state index is 0.344. The number of aromatic nitrogens is 2. The Hall–Kier alpha value is -1.81. The van der Waals surface area contributed by atoms with Crippen LogP contribution >= 0.6 is 11.6 Å². The topological polar surface area (TPSA) is 44.1 Å². The smallest absolute Gasteiger partial charge is 0.155 e. The van der Waals surface area contributed by atoms with E-state index < -0.39 is 0 Å². The van der Waals surface area contributed by atoms with Crippen molar-refractivity contribution in [2.24, 2.45) is 7.05 Å². The maximum Gasteiger partial charge on any atom is 0.155 e. The maximum absolute atomic E-state index is 11.1. The minimum Gasteiger partial charge on any atom is -0.494 e. The molecule has 0 N–H and O–H groups in total. The van der Waals surface area contributed by atoms with Gasteiger partial charge < -0.3 is 4.74 Å². The van der Waals surface area contributed by atoms with Crippen molar-refractivity contribution < 1.29 is 9.53 Å². The van der Waals surface area contributed by atoms with E-state index in [0.717, 1.165) is 23.2 Å². The maximum atomic E-state index is 11.1. The number of benzene rings is 1. The van der Waals surface area contributed by atoms with Gasteiger partial charge in [0.15, 0.2) is 6.29 Å². The standard InChI is InChI=1S/C14H15ClN2O2/c1-4-19-12-6-5-10(7-9(12)2)13-11(8-18)14(15)17(3)16-13/h5-8H,4H2,1-3H3. The van der Waals surface area contributed by atoms with Gasteiger partial charge in [0.1, 0.15) is 16.6 Å². The summed E-state index contributed by atoms with van der Waals surface area (Å²) in [6.45, 7) is 4.52. The van der Waals surface area contributed by atoms with Crippen LogP contribution < -0.4 is 4.74 Å². The van der Waals surface area contributed by atoms with Crippen LogP contribution in [0.25, 0.3) is 11.3 Å². The molecular formula is C14H15ClN2O2. The van der Waals surface area contributed by atoms with Gasteiger partial charge in [0.2, 0.25) is 0 Å². The lowest BCUT2D eigenvalue weighted by molar-refractivity contribution is 0.112. The number of hydrogen-bond acceptors (Lipinski definition) is 3. The molecule has 0 spiro atoms. The van der Waals surface area contributed by atoms with E-state index in [1.807, 2.05) is 32.0 Å². The summed E-state index contributed by atoms with van der Waals surface area (Å²) in [4.78, 5) is 11.1. The summed E-state index contributed by atoms with van der Waals surface area (Å²) in [7, 11) is 1.71. The van der Waals surface area contributed by atoms with Crippen LogP contribution in [0.3, 0.4) is 0 Å². The fourth-order valence-electron chi connectivity index (χ4n) is 1.95. The van der Waals surface area contributed by atoms with E-state index in [1.54, 1.807) is 7.05 Å². The number of carbonyl (C=O) groups is 1. The molecule has 0 amide bonds. The number of carbonyl (C=O) groups excluding carboxylic acids is 1.